The summed E-state index contributed by atoms with van der Waals surface area (Å²) in [5.74, 6) is 1.76. The van der Waals surface area contributed by atoms with E-state index in [1.165, 1.54) is 34.4 Å². The zero-order valence-corrected chi connectivity index (χ0v) is 19.3. The van der Waals surface area contributed by atoms with E-state index in [-0.39, 0.29) is 17.4 Å². The van der Waals surface area contributed by atoms with E-state index in [2.05, 4.69) is 51.1 Å². The van der Waals surface area contributed by atoms with E-state index >= 15 is 0 Å². The van der Waals surface area contributed by atoms with Crippen molar-refractivity contribution >= 4 is 5.57 Å². The molecule has 0 radical (unpaired) electrons. The standard InChI is InChI=1S/C28H33F2N/c1-7-21-9-8-18(2)12-27(21)26-10-11-28(5,6)16-23(26)17-31-20(4)19(3)22-13-24(29)15-25(30)14-22/h1,8-9,12-15,19-20,31H,10-11,16-17H2,2-6H3. The van der Waals surface area contributed by atoms with Crippen LogP contribution < -0.4 is 5.32 Å². The highest BCUT2D eigenvalue weighted by molar-refractivity contribution is 5.75. The Bertz CT molecular complexity index is 1010. The van der Waals surface area contributed by atoms with Gasteiger partial charge in [0.05, 0.1) is 0 Å². The van der Waals surface area contributed by atoms with Crippen molar-refractivity contribution in [2.24, 2.45) is 5.41 Å². The van der Waals surface area contributed by atoms with Gasteiger partial charge in [0.2, 0.25) is 0 Å². The smallest absolute Gasteiger partial charge is 0.126 e. The van der Waals surface area contributed by atoms with Gasteiger partial charge in [0, 0.05) is 24.2 Å². The van der Waals surface area contributed by atoms with Gasteiger partial charge in [0.25, 0.3) is 0 Å². The number of halogens is 2. The zero-order valence-electron chi connectivity index (χ0n) is 19.3. The van der Waals surface area contributed by atoms with E-state index in [9.17, 15) is 8.78 Å². The molecule has 1 nitrogen and oxygen atoms in total. The van der Waals surface area contributed by atoms with Gasteiger partial charge < -0.3 is 5.32 Å². The number of terminal acetylenes is 1. The van der Waals surface area contributed by atoms with Gasteiger partial charge >= 0.3 is 0 Å². The summed E-state index contributed by atoms with van der Waals surface area (Å²) in [6, 6.07) is 10.1. The number of allylic oxidation sites excluding steroid dienone is 1. The summed E-state index contributed by atoms with van der Waals surface area (Å²) < 4.78 is 27.3. The molecule has 0 spiro atoms. The summed E-state index contributed by atoms with van der Waals surface area (Å²) in [5, 5.41) is 3.62. The first-order valence-corrected chi connectivity index (χ1v) is 11.1. The van der Waals surface area contributed by atoms with Crippen LogP contribution in [0.25, 0.3) is 5.57 Å². The first-order chi connectivity index (χ1) is 14.6. The summed E-state index contributed by atoms with van der Waals surface area (Å²) in [6.07, 6.45) is 8.93. The summed E-state index contributed by atoms with van der Waals surface area (Å²) >= 11 is 0. The maximum absolute atomic E-state index is 13.7. The van der Waals surface area contributed by atoms with Crippen LogP contribution in [0.4, 0.5) is 8.78 Å². The van der Waals surface area contributed by atoms with E-state index < -0.39 is 11.6 Å². The average Bonchev–Trinajstić information content (AvgIpc) is 2.70. The maximum Gasteiger partial charge on any atom is 0.126 e. The topological polar surface area (TPSA) is 12.0 Å². The van der Waals surface area contributed by atoms with Crippen molar-refractivity contribution in [1.82, 2.24) is 5.32 Å². The molecule has 0 bridgehead atoms. The molecule has 0 aliphatic heterocycles. The average molecular weight is 422 g/mol. The van der Waals surface area contributed by atoms with Crippen molar-refractivity contribution in [3.8, 4) is 12.3 Å². The first-order valence-electron chi connectivity index (χ1n) is 11.1. The highest BCUT2D eigenvalue weighted by Gasteiger charge is 2.29. The maximum atomic E-state index is 13.7. The van der Waals surface area contributed by atoms with Crippen LogP contribution in [0.2, 0.25) is 0 Å². The second-order valence-electron chi connectivity index (χ2n) is 9.78. The summed E-state index contributed by atoms with van der Waals surface area (Å²) in [5.41, 5.74) is 6.94. The number of hydrogen-bond donors (Lipinski definition) is 1. The number of nitrogens with one attached hydrogen (secondary N) is 1. The molecule has 3 rings (SSSR count). The van der Waals surface area contributed by atoms with Gasteiger partial charge in [-0.1, -0.05) is 50.0 Å². The molecule has 2 atom stereocenters. The fraction of sp³-hybridized carbons (Fsp3) is 0.429. The van der Waals surface area contributed by atoms with E-state index in [4.69, 9.17) is 6.42 Å². The van der Waals surface area contributed by atoms with Crippen LogP contribution in [0, 0.1) is 36.3 Å². The molecule has 164 valence electrons. The lowest BCUT2D eigenvalue weighted by Gasteiger charge is -2.35. The first kappa shape index (κ1) is 23.2. The predicted molar refractivity (Wildman–Crippen MR) is 126 cm³/mol. The van der Waals surface area contributed by atoms with Crippen LogP contribution in [-0.2, 0) is 0 Å². The van der Waals surface area contributed by atoms with Crippen molar-refractivity contribution in [2.75, 3.05) is 6.54 Å². The molecule has 0 aromatic heterocycles. The molecule has 31 heavy (non-hydrogen) atoms. The molecule has 2 aromatic rings. The minimum Gasteiger partial charge on any atom is -0.310 e. The molecule has 0 fully saturated rings. The zero-order chi connectivity index (χ0) is 22.8. The van der Waals surface area contributed by atoms with Crippen molar-refractivity contribution in [3.05, 3.63) is 75.9 Å². The Hall–Kier alpha value is -2.44. The molecule has 0 saturated carbocycles. The van der Waals surface area contributed by atoms with Crippen molar-refractivity contribution in [1.29, 1.82) is 0 Å². The summed E-state index contributed by atoms with van der Waals surface area (Å²) in [7, 11) is 0. The van der Waals surface area contributed by atoms with Gasteiger partial charge in [-0.15, -0.1) is 6.42 Å². The largest absolute Gasteiger partial charge is 0.310 e. The van der Waals surface area contributed by atoms with E-state index in [1.807, 2.05) is 13.0 Å². The Balaban J connectivity index is 1.87. The van der Waals surface area contributed by atoms with E-state index in [0.29, 0.717) is 5.56 Å². The quantitative estimate of drug-likeness (QED) is 0.495. The van der Waals surface area contributed by atoms with E-state index in [1.54, 1.807) is 0 Å². The number of benzene rings is 2. The van der Waals surface area contributed by atoms with Gasteiger partial charge in [-0.3, -0.25) is 0 Å². The second-order valence-corrected chi connectivity index (χ2v) is 9.78. The van der Waals surface area contributed by atoms with Gasteiger partial charge in [0.15, 0.2) is 0 Å². The highest BCUT2D eigenvalue weighted by atomic mass is 19.1. The summed E-state index contributed by atoms with van der Waals surface area (Å²) in [4.78, 5) is 0. The van der Waals surface area contributed by atoms with Crippen molar-refractivity contribution in [3.63, 3.8) is 0 Å². The van der Waals surface area contributed by atoms with Crippen molar-refractivity contribution in [2.45, 2.75) is 65.8 Å². The molecule has 3 heteroatoms. The Labute approximate surface area is 186 Å². The Kier molecular flexibility index (Phi) is 7.02. The third-order valence-electron chi connectivity index (χ3n) is 6.62. The van der Waals surface area contributed by atoms with Crippen molar-refractivity contribution < 1.29 is 8.78 Å². The van der Waals surface area contributed by atoms with Crippen LogP contribution in [0.1, 0.15) is 75.1 Å². The molecule has 0 amide bonds. The van der Waals surface area contributed by atoms with Gasteiger partial charge in [-0.25, -0.2) is 8.78 Å². The predicted octanol–water partition coefficient (Wildman–Crippen LogP) is 7.00. The molecule has 2 unspecified atom stereocenters. The van der Waals surface area contributed by atoms with E-state index in [0.717, 1.165) is 37.4 Å². The molecular weight excluding hydrogens is 388 g/mol. The fourth-order valence-electron chi connectivity index (χ4n) is 4.53. The lowest BCUT2D eigenvalue weighted by Crippen LogP contribution is -2.34. The molecule has 0 heterocycles. The van der Waals surface area contributed by atoms with Gasteiger partial charge in [0.1, 0.15) is 11.6 Å². The monoisotopic (exact) mass is 421 g/mol. The molecular formula is C28H33F2N. The van der Waals surface area contributed by atoms with Gasteiger partial charge in [-0.05, 0) is 79.3 Å². The normalized spacial score (nSPS) is 17.9. The second kappa shape index (κ2) is 9.37. The molecule has 2 aromatic carbocycles. The minimum atomic E-state index is -0.533. The van der Waals surface area contributed by atoms with Crippen LogP contribution >= 0.6 is 0 Å². The third kappa shape index (κ3) is 5.63. The molecule has 1 N–H and O–H groups in total. The Morgan fingerprint density at radius 2 is 1.77 bits per heavy atom. The number of hydrogen-bond acceptors (Lipinski definition) is 1. The Morgan fingerprint density at radius 3 is 2.42 bits per heavy atom. The third-order valence-corrected chi connectivity index (χ3v) is 6.62. The summed E-state index contributed by atoms with van der Waals surface area (Å²) in [6.45, 7) is 11.5. The van der Waals surface area contributed by atoms with Crippen LogP contribution in [-0.4, -0.2) is 12.6 Å². The van der Waals surface area contributed by atoms with Gasteiger partial charge in [-0.2, -0.15) is 0 Å². The lowest BCUT2D eigenvalue weighted by atomic mass is 9.72. The van der Waals surface area contributed by atoms with Crippen LogP contribution in [0.3, 0.4) is 0 Å². The highest BCUT2D eigenvalue weighted by Crippen LogP contribution is 2.43. The number of rotatable bonds is 6. The number of aryl methyl sites for hydroxylation is 1. The molecule has 0 saturated heterocycles. The lowest BCUT2D eigenvalue weighted by molar-refractivity contribution is 0.319. The molecule has 1 aliphatic rings. The fourth-order valence-corrected chi connectivity index (χ4v) is 4.53. The SMILES string of the molecule is C#Cc1ccc(C)cc1C1=C(CNC(C)C(C)c2cc(F)cc(F)c2)CC(C)(C)CC1. The minimum absolute atomic E-state index is 0.0221. The molecule has 1 aliphatic carbocycles. The van der Waals surface area contributed by atoms with Crippen LogP contribution in [0.5, 0.6) is 0 Å². The Morgan fingerprint density at radius 1 is 1.10 bits per heavy atom. The van der Waals surface area contributed by atoms with Crippen LogP contribution in [0.15, 0.2) is 42.0 Å².